The number of hydrogen-bond acceptors (Lipinski definition) is 2. The summed E-state index contributed by atoms with van der Waals surface area (Å²) in [6.07, 6.45) is 0.228. The summed E-state index contributed by atoms with van der Waals surface area (Å²) in [5.74, 6) is 0. The number of rotatable bonds is 5. The van der Waals surface area contributed by atoms with Gasteiger partial charge in [-0.15, -0.1) is 0 Å². The van der Waals surface area contributed by atoms with E-state index in [0.717, 1.165) is 11.6 Å². The van der Waals surface area contributed by atoms with Crippen LogP contribution in [0.1, 0.15) is 25.5 Å². The molecule has 0 heterocycles. The quantitative estimate of drug-likeness (QED) is 0.835. The van der Waals surface area contributed by atoms with Crippen molar-refractivity contribution < 1.29 is 4.74 Å². The maximum atomic E-state index is 5.93. The topological polar surface area (TPSA) is 21.3 Å². The molecule has 2 nitrogen and oxygen atoms in total. The first-order valence-corrected chi connectivity index (χ1v) is 5.53. The van der Waals surface area contributed by atoms with Crippen molar-refractivity contribution in [1.82, 2.24) is 5.32 Å². The molecule has 0 aromatic heterocycles. The Balaban J connectivity index is 2.50. The molecule has 0 fully saturated rings. The predicted octanol–water partition coefficient (Wildman–Crippen LogP) is 3.03. The molecule has 1 aromatic carbocycles. The Labute approximate surface area is 96.6 Å². The van der Waals surface area contributed by atoms with E-state index in [9.17, 15) is 0 Å². The van der Waals surface area contributed by atoms with E-state index in [4.69, 9.17) is 16.3 Å². The van der Waals surface area contributed by atoms with E-state index in [1.165, 1.54) is 5.56 Å². The van der Waals surface area contributed by atoms with Crippen molar-refractivity contribution in [3.8, 4) is 0 Å². The lowest BCUT2D eigenvalue weighted by Gasteiger charge is -2.17. The molecule has 0 amide bonds. The Morgan fingerprint density at radius 2 is 2.13 bits per heavy atom. The standard InChI is InChI=1S/C12H18ClNO/c1-9(15-3)8-14-10(2)11-5-4-6-12(13)7-11/h4-7,9-10,14H,8H2,1-3H3/t9?,10-/m0/s1. The van der Waals surface area contributed by atoms with Gasteiger partial charge < -0.3 is 10.1 Å². The molecule has 0 saturated heterocycles. The lowest BCUT2D eigenvalue weighted by molar-refractivity contribution is 0.115. The van der Waals surface area contributed by atoms with Crippen molar-refractivity contribution in [3.05, 3.63) is 34.9 Å². The normalized spacial score (nSPS) is 14.9. The van der Waals surface area contributed by atoms with Crippen molar-refractivity contribution in [3.63, 3.8) is 0 Å². The summed E-state index contributed by atoms with van der Waals surface area (Å²) in [6.45, 7) is 5.00. The van der Waals surface area contributed by atoms with E-state index < -0.39 is 0 Å². The van der Waals surface area contributed by atoms with E-state index in [0.29, 0.717) is 6.04 Å². The van der Waals surface area contributed by atoms with Crippen LogP contribution in [0.2, 0.25) is 5.02 Å². The molecule has 1 aromatic rings. The van der Waals surface area contributed by atoms with E-state index in [1.807, 2.05) is 25.1 Å². The third kappa shape index (κ3) is 4.20. The first-order chi connectivity index (χ1) is 7.13. The van der Waals surface area contributed by atoms with Gasteiger partial charge in [-0.05, 0) is 31.5 Å². The maximum Gasteiger partial charge on any atom is 0.0667 e. The minimum atomic E-state index is 0.228. The maximum absolute atomic E-state index is 5.93. The molecule has 0 bridgehead atoms. The van der Waals surface area contributed by atoms with Gasteiger partial charge in [-0.2, -0.15) is 0 Å². The number of methoxy groups -OCH3 is 1. The molecule has 0 aliphatic carbocycles. The second-order valence-corrected chi connectivity index (χ2v) is 4.17. The number of ether oxygens (including phenoxy) is 1. The molecular weight excluding hydrogens is 210 g/mol. The first kappa shape index (κ1) is 12.5. The fourth-order valence-corrected chi connectivity index (χ4v) is 1.52. The Morgan fingerprint density at radius 3 is 2.73 bits per heavy atom. The summed E-state index contributed by atoms with van der Waals surface area (Å²) < 4.78 is 5.17. The van der Waals surface area contributed by atoms with Crippen LogP contribution in [0.3, 0.4) is 0 Å². The number of hydrogen-bond donors (Lipinski definition) is 1. The summed E-state index contributed by atoms with van der Waals surface area (Å²) >= 11 is 5.93. The lowest BCUT2D eigenvalue weighted by atomic mass is 10.1. The third-order valence-electron chi connectivity index (χ3n) is 2.46. The molecule has 1 unspecified atom stereocenters. The van der Waals surface area contributed by atoms with Crippen LogP contribution in [0, 0.1) is 0 Å². The zero-order valence-corrected chi connectivity index (χ0v) is 10.2. The molecule has 0 aliphatic heterocycles. The Morgan fingerprint density at radius 1 is 1.40 bits per heavy atom. The van der Waals surface area contributed by atoms with Gasteiger partial charge in [0.15, 0.2) is 0 Å². The van der Waals surface area contributed by atoms with Crippen LogP contribution in [0.25, 0.3) is 0 Å². The highest BCUT2D eigenvalue weighted by molar-refractivity contribution is 6.30. The second kappa shape index (κ2) is 6.11. The Hall–Kier alpha value is -0.570. The highest BCUT2D eigenvalue weighted by Gasteiger charge is 2.06. The van der Waals surface area contributed by atoms with Gasteiger partial charge in [0, 0.05) is 24.7 Å². The second-order valence-electron chi connectivity index (χ2n) is 3.73. The number of benzene rings is 1. The molecule has 3 heteroatoms. The molecule has 0 aliphatic rings. The average Bonchev–Trinajstić information content (AvgIpc) is 2.25. The molecule has 0 spiro atoms. The SMILES string of the molecule is COC(C)CN[C@@H](C)c1cccc(Cl)c1. The molecule has 2 atom stereocenters. The van der Waals surface area contributed by atoms with Gasteiger partial charge in [-0.25, -0.2) is 0 Å². The Kier molecular flexibility index (Phi) is 5.09. The van der Waals surface area contributed by atoms with Crippen molar-refractivity contribution >= 4 is 11.6 Å². The van der Waals surface area contributed by atoms with Crippen molar-refractivity contribution in [2.75, 3.05) is 13.7 Å². The van der Waals surface area contributed by atoms with Gasteiger partial charge in [-0.1, -0.05) is 23.7 Å². The highest BCUT2D eigenvalue weighted by Crippen LogP contribution is 2.17. The number of halogens is 1. The van der Waals surface area contributed by atoms with E-state index in [2.05, 4.69) is 18.3 Å². The van der Waals surface area contributed by atoms with Crippen molar-refractivity contribution in [2.24, 2.45) is 0 Å². The van der Waals surface area contributed by atoms with Crippen molar-refractivity contribution in [2.45, 2.75) is 26.0 Å². The minimum absolute atomic E-state index is 0.228. The average molecular weight is 228 g/mol. The van der Waals surface area contributed by atoms with Gasteiger partial charge in [0.2, 0.25) is 0 Å². The molecule has 15 heavy (non-hydrogen) atoms. The molecule has 0 radical (unpaired) electrons. The van der Waals surface area contributed by atoms with E-state index in [-0.39, 0.29) is 6.10 Å². The monoisotopic (exact) mass is 227 g/mol. The highest BCUT2D eigenvalue weighted by atomic mass is 35.5. The molecule has 84 valence electrons. The third-order valence-corrected chi connectivity index (χ3v) is 2.70. The van der Waals surface area contributed by atoms with Crippen LogP contribution in [0.5, 0.6) is 0 Å². The molecule has 0 saturated carbocycles. The fraction of sp³-hybridized carbons (Fsp3) is 0.500. The Bertz CT molecular complexity index is 303. The lowest BCUT2D eigenvalue weighted by Crippen LogP contribution is -2.28. The van der Waals surface area contributed by atoms with E-state index >= 15 is 0 Å². The summed E-state index contributed by atoms with van der Waals surface area (Å²) in [7, 11) is 1.72. The summed E-state index contributed by atoms with van der Waals surface area (Å²) in [5.41, 5.74) is 1.20. The van der Waals surface area contributed by atoms with Crippen LogP contribution < -0.4 is 5.32 Å². The first-order valence-electron chi connectivity index (χ1n) is 5.15. The van der Waals surface area contributed by atoms with Crippen LogP contribution >= 0.6 is 11.6 Å². The smallest absolute Gasteiger partial charge is 0.0667 e. The fourth-order valence-electron chi connectivity index (χ4n) is 1.32. The van der Waals surface area contributed by atoms with Gasteiger partial charge in [0.25, 0.3) is 0 Å². The van der Waals surface area contributed by atoms with Crippen LogP contribution in [-0.2, 0) is 4.74 Å². The summed E-state index contributed by atoms with van der Waals surface area (Å²) in [5, 5.41) is 4.17. The summed E-state index contributed by atoms with van der Waals surface area (Å²) in [4.78, 5) is 0. The predicted molar refractivity (Wildman–Crippen MR) is 64.3 cm³/mol. The molecule has 1 rings (SSSR count). The minimum Gasteiger partial charge on any atom is -0.380 e. The largest absolute Gasteiger partial charge is 0.380 e. The number of nitrogens with one attached hydrogen (secondary N) is 1. The zero-order chi connectivity index (χ0) is 11.3. The van der Waals surface area contributed by atoms with Crippen LogP contribution in [-0.4, -0.2) is 19.8 Å². The van der Waals surface area contributed by atoms with Crippen LogP contribution in [0.15, 0.2) is 24.3 Å². The van der Waals surface area contributed by atoms with E-state index in [1.54, 1.807) is 7.11 Å². The van der Waals surface area contributed by atoms with Gasteiger partial charge >= 0.3 is 0 Å². The van der Waals surface area contributed by atoms with Crippen molar-refractivity contribution in [1.29, 1.82) is 0 Å². The van der Waals surface area contributed by atoms with Gasteiger partial charge in [-0.3, -0.25) is 0 Å². The van der Waals surface area contributed by atoms with Gasteiger partial charge in [0.05, 0.1) is 6.10 Å². The zero-order valence-electron chi connectivity index (χ0n) is 9.46. The van der Waals surface area contributed by atoms with Crippen LogP contribution in [0.4, 0.5) is 0 Å². The molecule has 1 N–H and O–H groups in total. The molecular formula is C12H18ClNO. The summed E-state index contributed by atoms with van der Waals surface area (Å²) in [6, 6.07) is 8.20. The van der Waals surface area contributed by atoms with Gasteiger partial charge in [0.1, 0.15) is 0 Å².